The summed E-state index contributed by atoms with van der Waals surface area (Å²) in [4.78, 5) is 0. The number of rotatable bonds is 5. The molecule has 1 aliphatic rings. The summed E-state index contributed by atoms with van der Waals surface area (Å²) in [5, 5.41) is 3.35. The van der Waals surface area contributed by atoms with Crippen LogP contribution in [0.1, 0.15) is 42.0 Å². The summed E-state index contributed by atoms with van der Waals surface area (Å²) in [7, 11) is 0. The van der Waals surface area contributed by atoms with E-state index in [1.54, 1.807) is 0 Å². The molecule has 0 spiro atoms. The summed E-state index contributed by atoms with van der Waals surface area (Å²) < 4.78 is 26.9. The van der Waals surface area contributed by atoms with E-state index >= 15 is 0 Å². The van der Waals surface area contributed by atoms with Gasteiger partial charge < -0.3 is 5.32 Å². The van der Waals surface area contributed by atoms with Gasteiger partial charge >= 0.3 is 0 Å². The number of nitrogens with one attached hydrogen (secondary N) is 1. The molecule has 0 aromatic heterocycles. The Kier molecular flexibility index (Phi) is 4.02. The Bertz CT molecular complexity index is 619. The Morgan fingerprint density at radius 2 is 1.86 bits per heavy atom. The van der Waals surface area contributed by atoms with Crippen LogP contribution in [0.15, 0.2) is 42.5 Å². The molecule has 2 atom stereocenters. The van der Waals surface area contributed by atoms with Gasteiger partial charge in [-0.1, -0.05) is 31.2 Å². The van der Waals surface area contributed by atoms with Crippen molar-refractivity contribution in [3.63, 3.8) is 0 Å². The van der Waals surface area contributed by atoms with E-state index in [9.17, 15) is 8.78 Å². The molecule has 2 aromatic carbocycles. The van der Waals surface area contributed by atoms with Gasteiger partial charge in [-0.05, 0) is 54.1 Å². The Morgan fingerprint density at radius 3 is 2.52 bits per heavy atom. The summed E-state index contributed by atoms with van der Waals surface area (Å²) >= 11 is 0. The minimum atomic E-state index is -0.512. The Labute approximate surface area is 124 Å². The van der Waals surface area contributed by atoms with Crippen molar-refractivity contribution in [2.24, 2.45) is 0 Å². The molecule has 0 heterocycles. The molecule has 1 N–H and O–H groups in total. The van der Waals surface area contributed by atoms with Crippen LogP contribution in [0.5, 0.6) is 0 Å². The van der Waals surface area contributed by atoms with Crippen LogP contribution in [0.2, 0.25) is 0 Å². The molecule has 0 bridgehead atoms. The van der Waals surface area contributed by atoms with Gasteiger partial charge in [-0.2, -0.15) is 0 Å². The first-order valence-corrected chi connectivity index (χ1v) is 7.44. The zero-order valence-electron chi connectivity index (χ0n) is 12.1. The SMILES string of the molecule is CCNC(CC1Cc2ccccc21)c1cc(F)cc(F)c1. The maximum absolute atomic E-state index is 13.4. The van der Waals surface area contributed by atoms with Crippen molar-refractivity contribution in [1.82, 2.24) is 5.32 Å². The van der Waals surface area contributed by atoms with Crippen molar-refractivity contribution in [1.29, 1.82) is 0 Å². The van der Waals surface area contributed by atoms with Crippen LogP contribution >= 0.6 is 0 Å². The molecule has 0 saturated carbocycles. The molecule has 3 rings (SSSR count). The number of hydrogen-bond donors (Lipinski definition) is 1. The van der Waals surface area contributed by atoms with E-state index in [1.165, 1.54) is 23.3 Å². The second-order valence-electron chi connectivity index (χ2n) is 5.65. The van der Waals surface area contributed by atoms with E-state index in [2.05, 4.69) is 29.6 Å². The Hall–Kier alpha value is -1.74. The van der Waals surface area contributed by atoms with Gasteiger partial charge in [-0.15, -0.1) is 0 Å². The predicted molar refractivity (Wildman–Crippen MR) is 80.3 cm³/mol. The van der Waals surface area contributed by atoms with Gasteiger partial charge in [0.2, 0.25) is 0 Å². The summed E-state index contributed by atoms with van der Waals surface area (Å²) in [6.07, 6.45) is 1.92. The number of benzene rings is 2. The van der Waals surface area contributed by atoms with E-state index in [0.717, 1.165) is 25.5 Å². The smallest absolute Gasteiger partial charge is 0.126 e. The van der Waals surface area contributed by atoms with Crippen LogP contribution in [-0.2, 0) is 6.42 Å². The van der Waals surface area contributed by atoms with Crippen molar-refractivity contribution in [2.75, 3.05) is 6.54 Å². The average molecular weight is 287 g/mol. The van der Waals surface area contributed by atoms with Crippen molar-refractivity contribution in [2.45, 2.75) is 31.7 Å². The van der Waals surface area contributed by atoms with Gasteiger partial charge in [-0.25, -0.2) is 8.78 Å². The largest absolute Gasteiger partial charge is 0.310 e. The van der Waals surface area contributed by atoms with Crippen molar-refractivity contribution < 1.29 is 8.78 Å². The molecule has 0 radical (unpaired) electrons. The fourth-order valence-corrected chi connectivity index (χ4v) is 3.22. The molecule has 0 saturated heterocycles. The van der Waals surface area contributed by atoms with Crippen LogP contribution in [0.3, 0.4) is 0 Å². The van der Waals surface area contributed by atoms with E-state index in [4.69, 9.17) is 0 Å². The van der Waals surface area contributed by atoms with Gasteiger partial charge in [0.05, 0.1) is 0 Å². The first kappa shape index (κ1) is 14.2. The maximum atomic E-state index is 13.4. The van der Waals surface area contributed by atoms with Gasteiger partial charge in [0, 0.05) is 12.1 Å². The van der Waals surface area contributed by atoms with E-state index in [-0.39, 0.29) is 6.04 Å². The summed E-state index contributed by atoms with van der Waals surface area (Å²) in [5.74, 6) is -0.555. The topological polar surface area (TPSA) is 12.0 Å². The van der Waals surface area contributed by atoms with Crippen molar-refractivity contribution in [3.05, 3.63) is 70.8 Å². The van der Waals surface area contributed by atoms with Crippen LogP contribution in [-0.4, -0.2) is 6.54 Å². The molecule has 0 aliphatic heterocycles. The first-order chi connectivity index (χ1) is 10.2. The highest BCUT2D eigenvalue weighted by atomic mass is 19.1. The van der Waals surface area contributed by atoms with Gasteiger partial charge in [0.25, 0.3) is 0 Å². The van der Waals surface area contributed by atoms with Crippen LogP contribution in [0.25, 0.3) is 0 Å². The number of hydrogen-bond acceptors (Lipinski definition) is 1. The molecule has 0 fully saturated rings. The molecular weight excluding hydrogens is 268 g/mol. The number of halogens is 2. The monoisotopic (exact) mass is 287 g/mol. The quantitative estimate of drug-likeness (QED) is 0.862. The molecule has 1 nitrogen and oxygen atoms in total. The third-order valence-electron chi connectivity index (χ3n) is 4.22. The van der Waals surface area contributed by atoms with E-state index in [1.807, 2.05) is 6.92 Å². The molecule has 2 unspecified atom stereocenters. The lowest BCUT2D eigenvalue weighted by Gasteiger charge is -2.33. The summed E-state index contributed by atoms with van der Waals surface area (Å²) in [6.45, 7) is 2.79. The molecule has 110 valence electrons. The zero-order chi connectivity index (χ0) is 14.8. The Morgan fingerprint density at radius 1 is 1.14 bits per heavy atom. The summed E-state index contributed by atoms with van der Waals surface area (Å²) in [5.41, 5.74) is 3.46. The fraction of sp³-hybridized carbons (Fsp3) is 0.333. The van der Waals surface area contributed by atoms with Gasteiger partial charge in [0.15, 0.2) is 0 Å². The van der Waals surface area contributed by atoms with Gasteiger partial charge in [0.1, 0.15) is 11.6 Å². The lowest BCUT2D eigenvalue weighted by molar-refractivity contribution is 0.432. The summed E-state index contributed by atoms with van der Waals surface area (Å²) in [6, 6.07) is 12.2. The van der Waals surface area contributed by atoms with Crippen molar-refractivity contribution >= 4 is 0 Å². The second-order valence-corrected chi connectivity index (χ2v) is 5.65. The minimum absolute atomic E-state index is 0.0152. The van der Waals surface area contributed by atoms with Gasteiger partial charge in [-0.3, -0.25) is 0 Å². The Balaban J connectivity index is 1.80. The maximum Gasteiger partial charge on any atom is 0.126 e. The third kappa shape index (κ3) is 2.98. The molecule has 0 amide bonds. The minimum Gasteiger partial charge on any atom is -0.310 e. The fourth-order valence-electron chi connectivity index (χ4n) is 3.22. The highest BCUT2D eigenvalue weighted by molar-refractivity contribution is 5.40. The molecule has 2 aromatic rings. The van der Waals surface area contributed by atoms with Crippen molar-refractivity contribution in [3.8, 4) is 0 Å². The van der Waals surface area contributed by atoms with E-state index in [0.29, 0.717) is 11.5 Å². The van der Waals surface area contributed by atoms with E-state index < -0.39 is 11.6 Å². The predicted octanol–water partition coefficient (Wildman–Crippen LogP) is 4.35. The normalized spacial score (nSPS) is 18.0. The molecular formula is C18H19F2N. The molecule has 1 aliphatic carbocycles. The highest BCUT2D eigenvalue weighted by Gasteiger charge is 2.28. The second kappa shape index (κ2) is 5.94. The lowest BCUT2D eigenvalue weighted by atomic mass is 9.74. The number of fused-ring (bicyclic) bond motifs is 1. The standard InChI is InChI=1S/C18H19F2N/c1-2-21-18(14-8-15(19)11-16(20)9-14)10-13-7-12-5-3-4-6-17(12)13/h3-6,8-9,11,13,18,21H,2,7,10H2,1H3. The van der Waals surface area contributed by atoms with Crippen LogP contribution < -0.4 is 5.32 Å². The third-order valence-corrected chi connectivity index (χ3v) is 4.22. The highest BCUT2D eigenvalue weighted by Crippen LogP contribution is 2.40. The zero-order valence-corrected chi connectivity index (χ0v) is 12.1. The lowest BCUT2D eigenvalue weighted by Crippen LogP contribution is -2.27. The molecule has 3 heteroatoms. The average Bonchev–Trinajstić information content (AvgIpc) is 2.42. The van der Waals surface area contributed by atoms with Crippen LogP contribution in [0, 0.1) is 11.6 Å². The first-order valence-electron chi connectivity index (χ1n) is 7.44. The van der Waals surface area contributed by atoms with Crippen LogP contribution in [0.4, 0.5) is 8.78 Å². The molecule has 21 heavy (non-hydrogen) atoms.